The highest BCUT2D eigenvalue weighted by molar-refractivity contribution is 5.95. The lowest BCUT2D eigenvalue weighted by atomic mass is 10.1. The Morgan fingerprint density at radius 3 is 2.14 bits per heavy atom. The summed E-state index contributed by atoms with van der Waals surface area (Å²) in [6.45, 7) is 0.128. The summed E-state index contributed by atoms with van der Waals surface area (Å²) in [5, 5.41) is 5.47. The molecule has 0 aliphatic rings. The summed E-state index contributed by atoms with van der Waals surface area (Å²) in [6.07, 6.45) is 0.605. The third kappa shape index (κ3) is 7.10. The topological polar surface area (TPSA) is 95.1 Å². The highest BCUT2D eigenvalue weighted by Gasteiger charge is 2.13. The zero-order valence-corrected chi connectivity index (χ0v) is 19.7. The van der Waals surface area contributed by atoms with Crippen molar-refractivity contribution in [2.45, 2.75) is 6.42 Å². The molecule has 0 fully saturated rings. The maximum Gasteiger partial charge on any atom is 0.262 e. The van der Waals surface area contributed by atoms with Gasteiger partial charge in [0.15, 0.2) is 29.6 Å². The van der Waals surface area contributed by atoms with E-state index in [4.69, 9.17) is 18.9 Å². The molecule has 3 aromatic carbocycles. The number of carbonyl (C=O) groups excluding carboxylic acids is 2. The van der Waals surface area contributed by atoms with Crippen LogP contribution in [0.5, 0.6) is 23.0 Å². The number of anilines is 1. The molecule has 184 valence electrons. The molecule has 0 radical (unpaired) electrons. The number of carbonyl (C=O) groups is 2. The van der Waals surface area contributed by atoms with Gasteiger partial charge in [0.1, 0.15) is 5.82 Å². The van der Waals surface area contributed by atoms with Gasteiger partial charge in [-0.2, -0.15) is 0 Å². The molecule has 0 atom stereocenters. The van der Waals surface area contributed by atoms with E-state index < -0.39 is 11.7 Å². The van der Waals surface area contributed by atoms with Crippen LogP contribution in [0.25, 0.3) is 0 Å². The van der Waals surface area contributed by atoms with E-state index in [-0.39, 0.29) is 12.5 Å². The lowest BCUT2D eigenvalue weighted by Gasteiger charge is -2.13. The molecule has 0 aliphatic carbocycles. The van der Waals surface area contributed by atoms with Crippen molar-refractivity contribution in [3.05, 3.63) is 77.6 Å². The minimum atomic E-state index is -0.421. The van der Waals surface area contributed by atoms with E-state index in [0.29, 0.717) is 47.2 Å². The van der Waals surface area contributed by atoms with Gasteiger partial charge in [-0.15, -0.1) is 0 Å². The molecule has 2 amide bonds. The Morgan fingerprint density at radius 1 is 0.800 bits per heavy atom. The van der Waals surface area contributed by atoms with Gasteiger partial charge in [0.05, 0.1) is 21.3 Å². The molecule has 0 heterocycles. The Morgan fingerprint density at radius 2 is 1.46 bits per heavy atom. The molecule has 0 aromatic heterocycles. The quantitative estimate of drug-likeness (QED) is 0.431. The second kappa shape index (κ2) is 12.3. The summed E-state index contributed by atoms with van der Waals surface area (Å²) in [6, 6.07) is 15.7. The first-order chi connectivity index (χ1) is 16.9. The number of halogens is 1. The lowest BCUT2D eigenvalue weighted by Crippen LogP contribution is -2.25. The van der Waals surface area contributed by atoms with Crippen molar-refractivity contribution < 1.29 is 32.9 Å². The fourth-order valence-corrected chi connectivity index (χ4v) is 3.26. The van der Waals surface area contributed by atoms with Gasteiger partial charge in [-0.3, -0.25) is 9.59 Å². The molecule has 0 spiro atoms. The Kier molecular flexibility index (Phi) is 8.89. The predicted molar refractivity (Wildman–Crippen MR) is 129 cm³/mol. The molecule has 8 nitrogen and oxygen atoms in total. The summed E-state index contributed by atoms with van der Waals surface area (Å²) in [4.78, 5) is 24.7. The van der Waals surface area contributed by atoms with E-state index >= 15 is 0 Å². The summed E-state index contributed by atoms with van der Waals surface area (Å²) >= 11 is 0. The van der Waals surface area contributed by atoms with Crippen LogP contribution in [0, 0.1) is 5.82 Å². The van der Waals surface area contributed by atoms with E-state index in [1.165, 1.54) is 31.4 Å². The van der Waals surface area contributed by atoms with Gasteiger partial charge in [0, 0.05) is 17.8 Å². The summed E-state index contributed by atoms with van der Waals surface area (Å²) < 4.78 is 34.4. The van der Waals surface area contributed by atoms with Crippen LogP contribution in [-0.2, 0) is 11.2 Å². The first kappa shape index (κ1) is 25.4. The largest absolute Gasteiger partial charge is 0.493 e. The van der Waals surface area contributed by atoms with Crippen LogP contribution < -0.4 is 29.6 Å². The molecule has 3 rings (SSSR count). The highest BCUT2D eigenvalue weighted by atomic mass is 19.1. The highest BCUT2D eigenvalue weighted by Crippen LogP contribution is 2.29. The molecule has 35 heavy (non-hydrogen) atoms. The van der Waals surface area contributed by atoms with Crippen LogP contribution in [0.2, 0.25) is 0 Å². The van der Waals surface area contributed by atoms with Crippen LogP contribution in [-0.4, -0.2) is 46.3 Å². The molecular formula is C26H27FN2O6. The number of methoxy groups -OCH3 is 3. The van der Waals surface area contributed by atoms with Crippen molar-refractivity contribution in [2.75, 3.05) is 39.8 Å². The fraction of sp³-hybridized carbons (Fsp3) is 0.231. The van der Waals surface area contributed by atoms with E-state index in [2.05, 4.69) is 10.6 Å². The van der Waals surface area contributed by atoms with Crippen LogP contribution >= 0.6 is 0 Å². The summed E-state index contributed by atoms with van der Waals surface area (Å²) in [7, 11) is 4.59. The first-order valence-corrected chi connectivity index (χ1v) is 10.8. The molecule has 2 N–H and O–H groups in total. The third-order valence-corrected chi connectivity index (χ3v) is 5.06. The number of hydrogen-bond donors (Lipinski definition) is 2. The molecule has 0 unspecified atom stereocenters. The molecule has 0 saturated carbocycles. The number of rotatable bonds is 11. The maximum absolute atomic E-state index is 13.0. The van der Waals surface area contributed by atoms with Crippen molar-refractivity contribution in [2.24, 2.45) is 0 Å². The van der Waals surface area contributed by atoms with Crippen molar-refractivity contribution in [1.82, 2.24) is 5.32 Å². The maximum atomic E-state index is 13.0. The van der Waals surface area contributed by atoms with Crippen molar-refractivity contribution >= 4 is 17.5 Å². The Labute approximate surface area is 203 Å². The Bertz CT molecular complexity index is 1170. The average Bonchev–Trinajstić information content (AvgIpc) is 2.88. The van der Waals surface area contributed by atoms with Crippen molar-refractivity contribution in [3.63, 3.8) is 0 Å². The minimum Gasteiger partial charge on any atom is -0.493 e. The second-order valence-electron chi connectivity index (χ2n) is 7.40. The molecule has 3 aromatic rings. The first-order valence-electron chi connectivity index (χ1n) is 10.8. The Hall–Kier alpha value is -4.27. The third-order valence-electron chi connectivity index (χ3n) is 5.06. The lowest BCUT2D eigenvalue weighted by molar-refractivity contribution is -0.118. The van der Waals surface area contributed by atoms with Crippen molar-refractivity contribution in [3.8, 4) is 23.0 Å². The fourth-order valence-electron chi connectivity index (χ4n) is 3.26. The Balaban J connectivity index is 1.53. The summed E-state index contributed by atoms with van der Waals surface area (Å²) in [5.74, 6) is 0.801. The van der Waals surface area contributed by atoms with Gasteiger partial charge in [0.25, 0.3) is 11.8 Å². The monoisotopic (exact) mass is 482 g/mol. The number of hydrogen-bond acceptors (Lipinski definition) is 6. The SMILES string of the molecule is COc1ccc(CCNC(=O)c2ccc(OCC(=O)Nc3ccc(F)cc3)c(OC)c2)cc1OC. The molecule has 0 aliphatic heterocycles. The standard InChI is InChI=1S/C26H27FN2O6/c1-32-21-10-4-17(14-23(21)33-2)12-13-28-26(31)18-5-11-22(24(15-18)34-3)35-16-25(30)29-20-8-6-19(27)7-9-20/h4-11,14-15H,12-13,16H2,1-3H3,(H,28,31)(H,29,30). The van der Waals surface area contributed by atoms with Crippen molar-refractivity contribution in [1.29, 1.82) is 0 Å². The van der Waals surface area contributed by atoms with E-state index in [9.17, 15) is 14.0 Å². The van der Waals surface area contributed by atoms with Crippen LogP contribution in [0.1, 0.15) is 15.9 Å². The number of nitrogens with one attached hydrogen (secondary N) is 2. The van der Waals surface area contributed by atoms with E-state index in [1.54, 1.807) is 32.4 Å². The molecular weight excluding hydrogens is 455 g/mol. The summed E-state index contributed by atoms with van der Waals surface area (Å²) in [5.41, 5.74) is 1.83. The van der Waals surface area contributed by atoms with Gasteiger partial charge in [-0.25, -0.2) is 4.39 Å². The molecule has 0 bridgehead atoms. The van der Waals surface area contributed by atoms with Crippen LogP contribution in [0.15, 0.2) is 60.7 Å². The van der Waals surface area contributed by atoms with Gasteiger partial charge in [0.2, 0.25) is 0 Å². The number of benzene rings is 3. The van der Waals surface area contributed by atoms with Gasteiger partial charge < -0.3 is 29.6 Å². The zero-order valence-electron chi connectivity index (χ0n) is 19.7. The zero-order chi connectivity index (χ0) is 25.2. The van der Waals surface area contributed by atoms with Gasteiger partial charge >= 0.3 is 0 Å². The van der Waals surface area contributed by atoms with Crippen LogP contribution in [0.3, 0.4) is 0 Å². The predicted octanol–water partition coefficient (Wildman–Crippen LogP) is 3.84. The van der Waals surface area contributed by atoms with E-state index in [0.717, 1.165) is 5.56 Å². The molecule has 9 heteroatoms. The number of amides is 2. The number of ether oxygens (including phenoxy) is 4. The van der Waals surface area contributed by atoms with E-state index in [1.807, 2.05) is 18.2 Å². The second-order valence-corrected chi connectivity index (χ2v) is 7.40. The van der Waals surface area contributed by atoms with Crippen LogP contribution in [0.4, 0.5) is 10.1 Å². The van der Waals surface area contributed by atoms with Gasteiger partial charge in [-0.05, 0) is 66.6 Å². The van der Waals surface area contributed by atoms with Gasteiger partial charge in [-0.1, -0.05) is 6.07 Å². The minimum absolute atomic E-state index is 0.274. The molecule has 0 saturated heterocycles. The average molecular weight is 483 g/mol. The smallest absolute Gasteiger partial charge is 0.262 e. The normalized spacial score (nSPS) is 10.3.